The van der Waals surface area contributed by atoms with Gasteiger partial charge in [-0.25, -0.2) is 9.36 Å². The van der Waals surface area contributed by atoms with Crippen LogP contribution >= 0.6 is 0 Å². The highest BCUT2D eigenvalue weighted by Gasteiger charge is 2.17. The largest absolute Gasteiger partial charge is 0.364 e. The van der Waals surface area contributed by atoms with Gasteiger partial charge in [0.15, 0.2) is 5.82 Å². The zero-order chi connectivity index (χ0) is 17.8. The molecule has 0 amide bonds. The van der Waals surface area contributed by atoms with Crippen molar-refractivity contribution in [2.24, 2.45) is 0 Å². The molecule has 1 aliphatic heterocycles. The number of aromatic nitrogens is 5. The molecule has 0 spiro atoms. The standard InChI is InChI=1S/C17H21N7O2/c25-17-3-2-16(23-5-1-4-18-23)20-24(17)11-10-21-6-8-22(9-7-21)13-15-12-19-26-14-15/h1-5,12,14H,6-11,13H2. The van der Waals surface area contributed by atoms with Crippen LogP contribution in [0.5, 0.6) is 0 Å². The molecule has 4 rings (SSSR count). The van der Waals surface area contributed by atoms with E-state index in [2.05, 4.69) is 25.2 Å². The molecular formula is C17H21N7O2. The molecule has 0 N–H and O–H groups in total. The summed E-state index contributed by atoms with van der Waals surface area (Å²) in [5, 5.41) is 12.3. The Kier molecular flexibility index (Phi) is 4.89. The Morgan fingerprint density at radius 2 is 1.92 bits per heavy atom. The Morgan fingerprint density at radius 3 is 2.65 bits per heavy atom. The lowest BCUT2D eigenvalue weighted by Crippen LogP contribution is -2.47. The maximum absolute atomic E-state index is 12.1. The fourth-order valence-corrected chi connectivity index (χ4v) is 3.09. The summed E-state index contributed by atoms with van der Waals surface area (Å²) in [6.45, 7) is 6.15. The summed E-state index contributed by atoms with van der Waals surface area (Å²) < 4.78 is 8.05. The lowest BCUT2D eigenvalue weighted by Gasteiger charge is -2.34. The minimum absolute atomic E-state index is 0.0907. The van der Waals surface area contributed by atoms with Gasteiger partial charge in [0.1, 0.15) is 6.26 Å². The van der Waals surface area contributed by atoms with Crippen molar-refractivity contribution in [3.8, 4) is 5.82 Å². The second-order valence-corrected chi connectivity index (χ2v) is 6.35. The minimum atomic E-state index is -0.0907. The molecule has 3 aromatic heterocycles. The zero-order valence-corrected chi connectivity index (χ0v) is 14.4. The van der Waals surface area contributed by atoms with Gasteiger partial charge in [0.2, 0.25) is 0 Å². The molecule has 0 radical (unpaired) electrons. The molecule has 3 aromatic rings. The van der Waals surface area contributed by atoms with Gasteiger partial charge in [-0.05, 0) is 12.1 Å². The zero-order valence-electron chi connectivity index (χ0n) is 14.4. The van der Waals surface area contributed by atoms with Crippen LogP contribution in [0.3, 0.4) is 0 Å². The SMILES string of the molecule is O=c1ccc(-n2cccn2)nn1CCN1CCN(Cc2cnoc2)CC1. The number of hydrogen-bond acceptors (Lipinski definition) is 7. The highest BCUT2D eigenvalue weighted by atomic mass is 16.5. The summed E-state index contributed by atoms with van der Waals surface area (Å²) in [5.74, 6) is 0.646. The quantitative estimate of drug-likeness (QED) is 0.626. The van der Waals surface area contributed by atoms with Crippen molar-refractivity contribution < 1.29 is 4.52 Å². The van der Waals surface area contributed by atoms with Crippen molar-refractivity contribution in [3.63, 3.8) is 0 Å². The van der Waals surface area contributed by atoms with Gasteiger partial charge in [-0.2, -0.15) is 5.10 Å². The van der Waals surface area contributed by atoms with Crippen LogP contribution in [0.2, 0.25) is 0 Å². The Bertz CT molecular complexity index is 865. The predicted molar refractivity (Wildman–Crippen MR) is 93.8 cm³/mol. The minimum Gasteiger partial charge on any atom is -0.364 e. The van der Waals surface area contributed by atoms with Crippen molar-refractivity contribution >= 4 is 0 Å². The van der Waals surface area contributed by atoms with E-state index in [-0.39, 0.29) is 5.56 Å². The third-order valence-corrected chi connectivity index (χ3v) is 4.57. The summed E-state index contributed by atoms with van der Waals surface area (Å²) in [7, 11) is 0. The molecule has 9 heteroatoms. The molecule has 26 heavy (non-hydrogen) atoms. The van der Waals surface area contributed by atoms with Crippen molar-refractivity contribution in [3.05, 3.63) is 59.0 Å². The molecule has 0 saturated carbocycles. The van der Waals surface area contributed by atoms with Gasteiger partial charge in [0.05, 0.1) is 12.7 Å². The van der Waals surface area contributed by atoms with Crippen LogP contribution < -0.4 is 5.56 Å². The highest BCUT2D eigenvalue weighted by molar-refractivity contribution is 5.17. The Hall–Kier alpha value is -2.78. The van der Waals surface area contributed by atoms with Gasteiger partial charge >= 0.3 is 0 Å². The maximum atomic E-state index is 12.1. The van der Waals surface area contributed by atoms with Crippen molar-refractivity contribution in [2.45, 2.75) is 13.1 Å². The first kappa shape index (κ1) is 16.7. The third-order valence-electron chi connectivity index (χ3n) is 4.57. The average Bonchev–Trinajstić information content (AvgIpc) is 3.36. The highest BCUT2D eigenvalue weighted by Crippen LogP contribution is 2.08. The third kappa shape index (κ3) is 3.89. The smallest absolute Gasteiger partial charge is 0.266 e. The average molecular weight is 355 g/mol. The van der Waals surface area contributed by atoms with Crippen LogP contribution in [0.15, 0.2) is 52.4 Å². The molecular weight excluding hydrogens is 334 g/mol. The molecule has 1 saturated heterocycles. The summed E-state index contributed by atoms with van der Waals surface area (Å²) in [5.41, 5.74) is 1.01. The van der Waals surface area contributed by atoms with Crippen LogP contribution in [0.25, 0.3) is 5.82 Å². The second-order valence-electron chi connectivity index (χ2n) is 6.35. The van der Waals surface area contributed by atoms with E-state index < -0.39 is 0 Å². The van der Waals surface area contributed by atoms with E-state index in [0.717, 1.165) is 44.8 Å². The first-order chi connectivity index (χ1) is 12.8. The summed E-state index contributed by atoms with van der Waals surface area (Å²) in [4.78, 5) is 16.8. The second kappa shape index (κ2) is 7.63. The molecule has 9 nitrogen and oxygen atoms in total. The van der Waals surface area contributed by atoms with Crippen molar-refractivity contribution in [2.75, 3.05) is 32.7 Å². The maximum Gasteiger partial charge on any atom is 0.266 e. The fourth-order valence-electron chi connectivity index (χ4n) is 3.09. The van der Waals surface area contributed by atoms with Gasteiger partial charge in [-0.1, -0.05) is 5.16 Å². The van der Waals surface area contributed by atoms with Crippen LogP contribution in [0.4, 0.5) is 0 Å². The predicted octanol–water partition coefficient (Wildman–Crippen LogP) is 0.235. The number of nitrogens with zero attached hydrogens (tertiary/aromatic N) is 7. The molecule has 136 valence electrons. The van der Waals surface area contributed by atoms with E-state index in [1.807, 2.05) is 12.3 Å². The van der Waals surface area contributed by atoms with E-state index in [9.17, 15) is 4.79 Å². The van der Waals surface area contributed by atoms with Crippen molar-refractivity contribution in [1.29, 1.82) is 0 Å². The normalized spacial score (nSPS) is 16.2. The monoisotopic (exact) mass is 355 g/mol. The Morgan fingerprint density at radius 1 is 1.08 bits per heavy atom. The van der Waals surface area contributed by atoms with Crippen LogP contribution in [-0.2, 0) is 13.1 Å². The van der Waals surface area contributed by atoms with Crippen LogP contribution in [-0.4, -0.2) is 67.2 Å². The lowest BCUT2D eigenvalue weighted by molar-refractivity contribution is 0.122. The molecule has 0 unspecified atom stereocenters. The van der Waals surface area contributed by atoms with E-state index in [1.165, 1.54) is 4.68 Å². The fraction of sp³-hybridized carbons (Fsp3) is 0.412. The molecule has 4 heterocycles. The van der Waals surface area contributed by atoms with E-state index in [0.29, 0.717) is 12.4 Å². The number of hydrogen-bond donors (Lipinski definition) is 0. The van der Waals surface area contributed by atoms with Gasteiger partial charge < -0.3 is 4.52 Å². The molecule has 0 atom stereocenters. The molecule has 0 aromatic carbocycles. The number of piperazine rings is 1. The van der Waals surface area contributed by atoms with Gasteiger partial charge in [0.25, 0.3) is 5.56 Å². The van der Waals surface area contributed by atoms with Gasteiger partial charge in [-0.3, -0.25) is 14.6 Å². The van der Waals surface area contributed by atoms with Gasteiger partial charge in [0, 0.05) is 63.3 Å². The topological polar surface area (TPSA) is 85.2 Å². The summed E-state index contributed by atoms with van der Waals surface area (Å²) in [6, 6.07) is 5.06. The first-order valence-corrected chi connectivity index (χ1v) is 8.69. The molecule has 0 bridgehead atoms. The Labute approximate surface area is 150 Å². The van der Waals surface area contributed by atoms with Crippen molar-refractivity contribution in [1.82, 2.24) is 34.5 Å². The summed E-state index contributed by atoms with van der Waals surface area (Å²) >= 11 is 0. The van der Waals surface area contributed by atoms with Crippen LogP contribution in [0.1, 0.15) is 5.56 Å². The van der Waals surface area contributed by atoms with E-state index in [4.69, 9.17) is 4.52 Å². The molecule has 1 aliphatic rings. The molecule has 0 aliphatic carbocycles. The van der Waals surface area contributed by atoms with E-state index in [1.54, 1.807) is 35.5 Å². The number of rotatable bonds is 6. The Balaban J connectivity index is 1.31. The molecule has 1 fully saturated rings. The summed E-state index contributed by atoms with van der Waals surface area (Å²) in [6.07, 6.45) is 6.95. The van der Waals surface area contributed by atoms with Gasteiger partial charge in [-0.15, -0.1) is 5.10 Å². The van der Waals surface area contributed by atoms with Crippen LogP contribution in [0, 0.1) is 0 Å². The first-order valence-electron chi connectivity index (χ1n) is 8.69. The lowest BCUT2D eigenvalue weighted by atomic mass is 10.2. The van der Waals surface area contributed by atoms with E-state index >= 15 is 0 Å².